The zero-order valence-electron chi connectivity index (χ0n) is 17.0. The van der Waals surface area contributed by atoms with Gasteiger partial charge in [0.2, 0.25) is 0 Å². The Morgan fingerprint density at radius 1 is 0.724 bits per heavy atom. The van der Waals surface area contributed by atoms with Gasteiger partial charge in [-0.15, -0.1) is 0 Å². The number of fused-ring (bicyclic) bond motifs is 1. The van der Waals surface area contributed by atoms with E-state index in [1.807, 2.05) is 24.3 Å². The van der Waals surface area contributed by atoms with Gasteiger partial charge in [-0.2, -0.15) is 0 Å². The van der Waals surface area contributed by atoms with Crippen molar-refractivity contribution in [2.45, 2.75) is 6.04 Å². The second-order valence-electron chi connectivity index (χ2n) is 6.95. The molecule has 29 heavy (non-hydrogen) atoms. The van der Waals surface area contributed by atoms with E-state index in [1.165, 1.54) is 16.7 Å². The molecule has 4 heteroatoms. The number of benzene rings is 3. The number of ether oxygens (including phenoxy) is 3. The van der Waals surface area contributed by atoms with Gasteiger partial charge >= 0.3 is 0 Å². The zero-order chi connectivity index (χ0) is 20.2. The molecule has 0 spiro atoms. The Kier molecular flexibility index (Phi) is 5.43. The Morgan fingerprint density at radius 3 is 1.97 bits per heavy atom. The van der Waals surface area contributed by atoms with Crippen LogP contribution in [0.1, 0.15) is 22.7 Å². The van der Waals surface area contributed by atoms with E-state index in [-0.39, 0.29) is 6.04 Å². The van der Waals surface area contributed by atoms with Crippen molar-refractivity contribution in [1.29, 1.82) is 0 Å². The number of methoxy groups -OCH3 is 3. The Bertz CT molecular complexity index is 993. The highest BCUT2D eigenvalue weighted by Crippen LogP contribution is 2.39. The fourth-order valence-electron chi connectivity index (χ4n) is 3.82. The standard InChI is InChI=1S/C25H25NO3/c1-27-21-12-8-18(9-13-21)25-24-7-5-4-6-19(24)16-23(29-3)17-26(25)20-10-14-22(28-2)15-11-20/h4-16,25H,17H2,1-3H3. The molecule has 0 saturated heterocycles. The van der Waals surface area contributed by atoms with E-state index in [2.05, 4.69) is 59.5 Å². The van der Waals surface area contributed by atoms with Crippen molar-refractivity contribution in [3.05, 3.63) is 95.2 Å². The van der Waals surface area contributed by atoms with Gasteiger partial charge in [0, 0.05) is 5.69 Å². The molecule has 4 rings (SSSR count). The molecule has 0 N–H and O–H groups in total. The maximum Gasteiger partial charge on any atom is 0.119 e. The first-order chi connectivity index (χ1) is 14.2. The van der Waals surface area contributed by atoms with Gasteiger partial charge in [-0.25, -0.2) is 0 Å². The first-order valence-corrected chi connectivity index (χ1v) is 9.61. The molecular formula is C25H25NO3. The van der Waals surface area contributed by atoms with Crippen molar-refractivity contribution in [3.63, 3.8) is 0 Å². The number of nitrogens with zero attached hydrogens (tertiary/aromatic N) is 1. The van der Waals surface area contributed by atoms with Gasteiger partial charge in [-0.3, -0.25) is 0 Å². The van der Waals surface area contributed by atoms with Crippen LogP contribution in [0.5, 0.6) is 11.5 Å². The largest absolute Gasteiger partial charge is 0.499 e. The number of rotatable bonds is 5. The van der Waals surface area contributed by atoms with Gasteiger partial charge in [-0.1, -0.05) is 36.4 Å². The van der Waals surface area contributed by atoms with Crippen molar-refractivity contribution in [1.82, 2.24) is 0 Å². The summed E-state index contributed by atoms with van der Waals surface area (Å²) in [4.78, 5) is 2.36. The van der Waals surface area contributed by atoms with Crippen molar-refractivity contribution in [2.24, 2.45) is 0 Å². The van der Waals surface area contributed by atoms with Crippen LogP contribution in [0.3, 0.4) is 0 Å². The molecule has 1 heterocycles. The number of hydrogen-bond donors (Lipinski definition) is 0. The third-order valence-electron chi connectivity index (χ3n) is 5.34. The minimum atomic E-state index is 0.0365. The molecule has 148 valence electrons. The minimum Gasteiger partial charge on any atom is -0.499 e. The lowest BCUT2D eigenvalue weighted by Crippen LogP contribution is -2.31. The van der Waals surface area contributed by atoms with Gasteiger partial charge < -0.3 is 19.1 Å². The molecule has 1 atom stereocenters. The van der Waals surface area contributed by atoms with Crippen molar-refractivity contribution < 1.29 is 14.2 Å². The Hall–Kier alpha value is -3.40. The normalized spacial score (nSPS) is 15.8. The molecule has 1 aliphatic rings. The van der Waals surface area contributed by atoms with Crippen LogP contribution in [0.4, 0.5) is 5.69 Å². The summed E-state index contributed by atoms with van der Waals surface area (Å²) in [5.41, 5.74) is 4.70. The molecule has 4 nitrogen and oxygen atoms in total. The lowest BCUT2D eigenvalue weighted by molar-refractivity contribution is 0.288. The molecule has 3 aromatic rings. The van der Waals surface area contributed by atoms with Crippen molar-refractivity contribution >= 4 is 11.8 Å². The molecule has 0 bridgehead atoms. The van der Waals surface area contributed by atoms with Crippen LogP contribution in [-0.2, 0) is 4.74 Å². The van der Waals surface area contributed by atoms with E-state index in [0.717, 1.165) is 22.9 Å². The van der Waals surface area contributed by atoms with Crippen LogP contribution in [0.25, 0.3) is 6.08 Å². The molecule has 0 radical (unpaired) electrons. The zero-order valence-corrected chi connectivity index (χ0v) is 17.0. The van der Waals surface area contributed by atoms with Gasteiger partial charge in [-0.05, 0) is 59.2 Å². The SMILES string of the molecule is COC1=Cc2ccccc2C(c2ccc(OC)cc2)N(c2ccc(OC)cc2)C1. The summed E-state index contributed by atoms with van der Waals surface area (Å²) >= 11 is 0. The van der Waals surface area contributed by atoms with Crippen LogP contribution >= 0.6 is 0 Å². The predicted octanol–water partition coefficient (Wildman–Crippen LogP) is 5.30. The molecule has 0 fully saturated rings. The number of hydrogen-bond acceptors (Lipinski definition) is 4. The first kappa shape index (κ1) is 18.9. The van der Waals surface area contributed by atoms with E-state index in [4.69, 9.17) is 14.2 Å². The summed E-state index contributed by atoms with van der Waals surface area (Å²) in [6.07, 6.45) is 2.13. The van der Waals surface area contributed by atoms with Crippen LogP contribution < -0.4 is 14.4 Å². The summed E-state index contributed by atoms with van der Waals surface area (Å²) in [5.74, 6) is 2.61. The molecule has 1 aliphatic heterocycles. The third kappa shape index (κ3) is 3.79. The Balaban J connectivity index is 1.87. The average Bonchev–Trinajstić information content (AvgIpc) is 2.96. The predicted molar refractivity (Wildman–Crippen MR) is 117 cm³/mol. The van der Waals surface area contributed by atoms with Gasteiger partial charge in [0.25, 0.3) is 0 Å². The Morgan fingerprint density at radius 2 is 1.34 bits per heavy atom. The van der Waals surface area contributed by atoms with Crippen molar-refractivity contribution in [3.8, 4) is 11.5 Å². The van der Waals surface area contributed by atoms with Crippen LogP contribution in [0.2, 0.25) is 0 Å². The maximum absolute atomic E-state index is 5.72. The van der Waals surface area contributed by atoms with E-state index in [0.29, 0.717) is 6.54 Å². The molecule has 0 amide bonds. The summed E-state index contributed by atoms with van der Waals surface area (Å²) in [7, 11) is 5.10. The summed E-state index contributed by atoms with van der Waals surface area (Å²) in [6, 6.07) is 25.0. The lowest BCUT2D eigenvalue weighted by atomic mass is 9.93. The van der Waals surface area contributed by atoms with Gasteiger partial charge in [0.15, 0.2) is 0 Å². The molecule has 0 aliphatic carbocycles. The maximum atomic E-state index is 5.72. The second kappa shape index (κ2) is 8.31. The second-order valence-corrected chi connectivity index (χ2v) is 6.95. The highest BCUT2D eigenvalue weighted by atomic mass is 16.5. The monoisotopic (exact) mass is 387 g/mol. The first-order valence-electron chi connectivity index (χ1n) is 9.61. The molecule has 1 unspecified atom stereocenters. The summed E-state index contributed by atoms with van der Waals surface area (Å²) in [6.45, 7) is 0.661. The highest BCUT2D eigenvalue weighted by Gasteiger charge is 2.28. The molecule has 0 saturated carbocycles. The average molecular weight is 387 g/mol. The lowest BCUT2D eigenvalue weighted by Gasteiger charge is -2.34. The summed E-state index contributed by atoms with van der Waals surface area (Å²) < 4.78 is 16.4. The van der Waals surface area contributed by atoms with Gasteiger partial charge in [0.05, 0.1) is 33.9 Å². The molecular weight excluding hydrogens is 362 g/mol. The fraction of sp³-hybridized carbons (Fsp3) is 0.200. The summed E-state index contributed by atoms with van der Waals surface area (Å²) in [5, 5.41) is 0. The van der Waals surface area contributed by atoms with E-state index in [9.17, 15) is 0 Å². The minimum absolute atomic E-state index is 0.0365. The quantitative estimate of drug-likeness (QED) is 0.594. The third-order valence-corrected chi connectivity index (χ3v) is 5.34. The topological polar surface area (TPSA) is 30.9 Å². The van der Waals surface area contributed by atoms with E-state index >= 15 is 0 Å². The smallest absolute Gasteiger partial charge is 0.119 e. The van der Waals surface area contributed by atoms with Crippen LogP contribution in [0.15, 0.2) is 78.6 Å². The fourth-order valence-corrected chi connectivity index (χ4v) is 3.82. The van der Waals surface area contributed by atoms with Gasteiger partial charge in [0.1, 0.15) is 17.3 Å². The van der Waals surface area contributed by atoms with E-state index < -0.39 is 0 Å². The molecule has 0 aromatic heterocycles. The van der Waals surface area contributed by atoms with Crippen molar-refractivity contribution in [2.75, 3.05) is 32.8 Å². The number of anilines is 1. The highest BCUT2D eigenvalue weighted by molar-refractivity contribution is 5.65. The molecule has 3 aromatic carbocycles. The van der Waals surface area contributed by atoms with Crippen LogP contribution in [0, 0.1) is 0 Å². The van der Waals surface area contributed by atoms with Crippen LogP contribution in [-0.4, -0.2) is 27.9 Å². The Labute approximate surface area is 172 Å². The van der Waals surface area contributed by atoms with E-state index in [1.54, 1.807) is 21.3 Å².